The van der Waals surface area contributed by atoms with E-state index in [4.69, 9.17) is 22.1 Å². The van der Waals surface area contributed by atoms with Gasteiger partial charge in [-0.05, 0) is 42.8 Å². The van der Waals surface area contributed by atoms with E-state index in [0.717, 1.165) is 5.56 Å². The fourth-order valence-electron chi connectivity index (χ4n) is 1.85. The number of aryl methyl sites for hydroxylation is 1. The predicted octanol–water partition coefficient (Wildman–Crippen LogP) is 3.49. The summed E-state index contributed by atoms with van der Waals surface area (Å²) in [6.07, 6.45) is 0. The Hall–Kier alpha value is -2.20. The van der Waals surface area contributed by atoms with Crippen molar-refractivity contribution in [3.63, 3.8) is 0 Å². The molecule has 4 nitrogen and oxygen atoms in total. The Labute approximate surface area is 122 Å². The summed E-state index contributed by atoms with van der Waals surface area (Å²) in [6.45, 7) is 1.85. The van der Waals surface area contributed by atoms with Gasteiger partial charge in [0.05, 0.1) is 12.8 Å². The second-order valence-corrected chi connectivity index (χ2v) is 4.81. The van der Waals surface area contributed by atoms with E-state index in [1.807, 2.05) is 6.92 Å². The van der Waals surface area contributed by atoms with Gasteiger partial charge >= 0.3 is 0 Å². The number of methoxy groups -OCH3 is 1. The van der Waals surface area contributed by atoms with Crippen LogP contribution in [0.2, 0.25) is 5.02 Å². The van der Waals surface area contributed by atoms with E-state index in [-0.39, 0.29) is 5.91 Å². The van der Waals surface area contributed by atoms with Gasteiger partial charge in [0, 0.05) is 16.3 Å². The molecule has 0 fully saturated rings. The zero-order valence-corrected chi connectivity index (χ0v) is 12.0. The van der Waals surface area contributed by atoms with E-state index < -0.39 is 0 Å². The molecule has 0 unspecified atom stereocenters. The second kappa shape index (κ2) is 5.84. The lowest BCUT2D eigenvalue weighted by molar-refractivity contribution is 0.102. The predicted molar refractivity (Wildman–Crippen MR) is 81.5 cm³/mol. The van der Waals surface area contributed by atoms with E-state index in [1.165, 1.54) is 0 Å². The molecule has 0 saturated heterocycles. The largest absolute Gasteiger partial charge is 0.495 e. The zero-order chi connectivity index (χ0) is 14.7. The van der Waals surface area contributed by atoms with Gasteiger partial charge in [0.2, 0.25) is 0 Å². The number of halogens is 1. The maximum Gasteiger partial charge on any atom is 0.255 e. The molecule has 0 heterocycles. The molecular weight excluding hydrogens is 276 g/mol. The molecule has 2 aromatic rings. The lowest BCUT2D eigenvalue weighted by atomic mass is 10.1. The number of benzene rings is 2. The Morgan fingerprint density at radius 1 is 1.25 bits per heavy atom. The number of ether oxygens (including phenoxy) is 1. The number of hydrogen-bond donors (Lipinski definition) is 2. The summed E-state index contributed by atoms with van der Waals surface area (Å²) in [7, 11) is 1.54. The molecule has 0 aromatic heterocycles. The van der Waals surface area contributed by atoms with Crippen LogP contribution in [0.4, 0.5) is 11.4 Å². The number of hydrogen-bond acceptors (Lipinski definition) is 3. The van der Waals surface area contributed by atoms with Crippen LogP contribution in [-0.4, -0.2) is 13.0 Å². The van der Waals surface area contributed by atoms with Crippen molar-refractivity contribution < 1.29 is 9.53 Å². The number of carbonyl (C=O) groups excluding carboxylic acids is 1. The molecule has 20 heavy (non-hydrogen) atoms. The monoisotopic (exact) mass is 290 g/mol. The highest BCUT2D eigenvalue weighted by atomic mass is 35.5. The minimum Gasteiger partial charge on any atom is -0.495 e. The van der Waals surface area contributed by atoms with Crippen molar-refractivity contribution >= 4 is 28.9 Å². The average Bonchev–Trinajstić information content (AvgIpc) is 2.41. The number of amides is 1. The Morgan fingerprint density at radius 2 is 2.00 bits per heavy atom. The zero-order valence-electron chi connectivity index (χ0n) is 11.2. The van der Waals surface area contributed by atoms with Crippen molar-refractivity contribution in [1.29, 1.82) is 0 Å². The Bertz CT molecular complexity index is 656. The fraction of sp³-hybridized carbons (Fsp3) is 0.133. The molecule has 2 rings (SSSR count). The summed E-state index contributed by atoms with van der Waals surface area (Å²) in [5.74, 6) is 0.344. The first-order chi connectivity index (χ1) is 9.51. The number of nitrogen functional groups attached to an aromatic ring is 1. The second-order valence-electron chi connectivity index (χ2n) is 4.37. The molecule has 0 spiro atoms. The van der Waals surface area contributed by atoms with Gasteiger partial charge in [-0.2, -0.15) is 0 Å². The highest BCUT2D eigenvalue weighted by Gasteiger charge is 2.11. The first-order valence-corrected chi connectivity index (χ1v) is 6.40. The smallest absolute Gasteiger partial charge is 0.255 e. The topological polar surface area (TPSA) is 64.3 Å². The van der Waals surface area contributed by atoms with E-state index in [9.17, 15) is 4.79 Å². The summed E-state index contributed by atoms with van der Waals surface area (Å²) < 4.78 is 5.07. The number of rotatable bonds is 3. The molecule has 0 aliphatic carbocycles. The van der Waals surface area contributed by atoms with Crippen LogP contribution in [0.1, 0.15) is 15.9 Å². The molecule has 0 aliphatic rings. The highest BCUT2D eigenvalue weighted by Crippen LogP contribution is 2.25. The van der Waals surface area contributed by atoms with Crippen molar-refractivity contribution in [2.75, 3.05) is 18.2 Å². The normalized spacial score (nSPS) is 10.2. The van der Waals surface area contributed by atoms with Crippen molar-refractivity contribution in [3.05, 3.63) is 52.5 Å². The lowest BCUT2D eigenvalue weighted by Gasteiger charge is -2.10. The molecule has 104 valence electrons. The van der Waals surface area contributed by atoms with Gasteiger partial charge in [0.1, 0.15) is 5.75 Å². The van der Waals surface area contributed by atoms with Crippen LogP contribution in [0.5, 0.6) is 5.75 Å². The number of anilines is 2. The molecule has 0 bridgehead atoms. The fourth-order valence-corrected chi connectivity index (χ4v) is 2.02. The van der Waals surface area contributed by atoms with Crippen LogP contribution < -0.4 is 15.8 Å². The SMILES string of the molecule is COc1ccc(NC(=O)c2cc(Cl)ccc2C)cc1N. The minimum absolute atomic E-state index is 0.227. The molecule has 0 aliphatic heterocycles. The van der Waals surface area contributed by atoms with Crippen molar-refractivity contribution in [2.45, 2.75) is 6.92 Å². The maximum atomic E-state index is 12.2. The van der Waals surface area contributed by atoms with Crippen LogP contribution in [0.25, 0.3) is 0 Å². The lowest BCUT2D eigenvalue weighted by Crippen LogP contribution is -2.13. The van der Waals surface area contributed by atoms with Crippen molar-refractivity contribution in [3.8, 4) is 5.75 Å². The van der Waals surface area contributed by atoms with Gasteiger partial charge in [-0.15, -0.1) is 0 Å². The molecule has 1 amide bonds. The van der Waals surface area contributed by atoms with Gasteiger partial charge in [0.25, 0.3) is 5.91 Å². The number of nitrogens with two attached hydrogens (primary N) is 1. The minimum atomic E-state index is -0.227. The summed E-state index contributed by atoms with van der Waals surface area (Å²) in [5.41, 5.74) is 8.26. The van der Waals surface area contributed by atoms with Gasteiger partial charge in [0.15, 0.2) is 0 Å². The first kappa shape index (κ1) is 14.2. The van der Waals surface area contributed by atoms with Crippen molar-refractivity contribution in [2.24, 2.45) is 0 Å². The Balaban J connectivity index is 2.23. The summed E-state index contributed by atoms with van der Waals surface area (Å²) in [6, 6.07) is 10.3. The molecule has 5 heteroatoms. The number of carbonyl (C=O) groups is 1. The molecule has 0 atom stereocenters. The molecule has 2 aromatic carbocycles. The first-order valence-electron chi connectivity index (χ1n) is 6.02. The van der Waals surface area contributed by atoms with E-state index in [0.29, 0.717) is 27.7 Å². The van der Waals surface area contributed by atoms with E-state index in [2.05, 4.69) is 5.32 Å². The van der Waals surface area contributed by atoms with Crippen LogP contribution in [-0.2, 0) is 0 Å². The van der Waals surface area contributed by atoms with Gasteiger partial charge in [-0.25, -0.2) is 0 Å². The number of nitrogens with one attached hydrogen (secondary N) is 1. The van der Waals surface area contributed by atoms with Crippen LogP contribution in [0, 0.1) is 6.92 Å². The van der Waals surface area contributed by atoms with Gasteiger partial charge < -0.3 is 15.8 Å². The maximum absolute atomic E-state index is 12.2. The van der Waals surface area contributed by atoms with Gasteiger partial charge in [-0.3, -0.25) is 4.79 Å². The molecule has 3 N–H and O–H groups in total. The van der Waals surface area contributed by atoms with Crippen LogP contribution in [0.3, 0.4) is 0 Å². The third-order valence-corrected chi connectivity index (χ3v) is 3.17. The summed E-state index contributed by atoms with van der Waals surface area (Å²) in [5, 5.41) is 3.31. The quantitative estimate of drug-likeness (QED) is 0.851. The molecule has 0 saturated carbocycles. The average molecular weight is 291 g/mol. The Morgan fingerprint density at radius 3 is 2.65 bits per heavy atom. The molecule has 0 radical (unpaired) electrons. The van der Waals surface area contributed by atoms with Crippen LogP contribution >= 0.6 is 11.6 Å². The standard InChI is InChI=1S/C15H15ClN2O2/c1-9-3-4-10(16)7-12(9)15(19)18-11-5-6-14(20-2)13(17)8-11/h3-8H,17H2,1-2H3,(H,18,19). The summed E-state index contributed by atoms with van der Waals surface area (Å²) in [4.78, 5) is 12.2. The third kappa shape index (κ3) is 3.03. The van der Waals surface area contributed by atoms with Gasteiger partial charge in [-0.1, -0.05) is 17.7 Å². The van der Waals surface area contributed by atoms with Crippen LogP contribution in [0.15, 0.2) is 36.4 Å². The highest BCUT2D eigenvalue weighted by molar-refractivity contribution is 6.31. The summed E-state index contributed by atoms with van der Waals surface area (Å²) >= 11 is 5.91. The van der Waals surface area contributed by atoms with Crippen molar-refractivity contribution in [1.82, 2.24) is 0 Å². The Kier molecular flexibility index (Phi) is 4.15. The van der Waals surface area contributed by atoms with E-state index >= 15 is 0 Å². The van der Waals surface area contributed by atoms with E-state index in [1.54, 1.807) is 43.5 Å². The molecular formula is C15H15ClN2O2. The third-order valence-electron chi connectivity index (χ3n) is 2.93.